The fourth-order valence-electron chi connectivity index (χ4n) is 2.27. The second kappa shape index (κ2) is 7.53. The molecule has 0 spiro atoms. The molecule has 0 saturated heterocycles. The average Bonchev–Trinajstić information content (AvgIpc) is 2.59. The van der Waals surface area contributed by atoms with Gasteiger partial charge in [-0.25, -0.2) is 4.39 Å². The number of aromatic nitrogens is 2. The molecule has 6 heteroatoms. The largest absolute Gasteiger partial charge is 0.339 e. The maximum Gasteiger partial charge on any atom is 0.229 e. The van der Waals surface area contributed by atoms with E-state index in [1.54, 1.807) is 24.3 Å². The zero-order valence-electron chi connectivity index (χ0n) is 13.7. The topological polar surface area (TPSA) is 66.9 Å². The minimum Gasteiger partial charge on any atom is -0.339 e. The Balaban J connectivity index is 1.58. The molecule has 0 bridgehead atoms. The predicted octanol–water partition coefficient (Wildman–Crippen LogP) is 3.85. The third kappa shape index (κ3) is 4.84. The van der Waals surface area contributed by atoms with Gasteiger partial charge in [-0.15, -0.1) is 10.2 Å². The Labute approximate surface area is 144 Å². The van der Waals surface area contributed by atoms with Crippen molar-refractivity contribution in [1.29, 1.82) is 0 Å². The monoisotopic (exact) mass is 336 g/mol. The van der Waals surface area contributed by atoms with Crippen LogP contribution in [0.2, 0.25) is 0 Å². The summed E-state index contributed by atoms with van der Waals surface area (Å²) in [7, 11) is 0. The molecule has 0 fully saturated rings. The summed E-state index contributed by atoms with van der Waals surface area (Å²) in [6.07, 6.45) is 0.0722. The van der Waals surface area contributed by atoms with Crippen LogP contribution in [0.4, 0.5) is 21.7 Å². The number of nitrogens with zero attached hydrogens (tertiary/aromatic N) is 2. The summed E-state index contributed by atoms with van der Waals surface area (Å²) in [5, 5.41) is 13.8. The molecule has 0 aliphatic rings. The Morgan fingerprint density at radius 2 is 1.72 bits per heavy atom. The number of anilines is 3. The third-order valence-corrected chi connectivity index (χ3v) is 3.51. The number of benzene rings is 2. The van der Waals surface area contributed by atoms with E-state index >= 15 is 0 Å². The van der Waals surface area contributed by atoms with E-state index in [1.807, 2.05) is 31.2 Å². The first-order valence-corrected chi connectivity index (χ1v) is 7.80. The van der Waals surface area contributed by atoms with Crippen molar-refractivity contribution in [2.24, 2.45) is 0 Å². The van der Waals surface area contributed by atoms with Gasteiger partial charge in [0, 0.05) is 5.69 Å². The number of carbonyl (C=O) groups excluding carboxylic acids is 1. The van der Waals surface area contributed by atoms with Gasteiger partial charge in [-0.05, 0) is 48.9 Å². The Bertz CT molecular complexity index is 863. The van der Waals surface area contributed by atoms with Gasteiger partial charge in [-0.1, -0.05) is 29.8 Å². The molecule has 0 aliphatic carbocycles. The number of carbonyl (C=O) groups is 1. The van der Waals surface area contributed by atoms with E-state index in [2.05, 4.69) is 20.8 Å². The molecule has 1 aromatic heterocycles. The van der Waals surface area contributed by atoms with Gasteiger partial charge in [0.25, 0.3) is 0 Å². The van der Waals surface area contributed by atoms with Gasteiger partial charge in [0.15, 0.2) is 11.6 Å². The SMILES string of the molecule is Cc1ccc(Nc2ccc(NC(=O)Cc3cccc(F)c3)nn2)cc1. The molecular weight excluding hydrogens is 319 g/mol. The van der Waals surface area contributed by atoms with Crippen molar-refractivity contribution in [3.8, 4) is 0 Å². The van der Waals surface area contributed by atoms with Crippen LogP contribution in [0.3, 0.4) is 0 Å². The van der Waals surface area contributed by atoms with Crippen LogP contribution in [-0.4, -0.2) is 16.1 Å². The first-order valence-electron chi connectivity index (χ1n) is 7.80. The van der Waals surface area contributed by atoms with Crippen molar-refractivity contribution < 1.29 is 9.18 Å². The predicted molar refractivity (Wildman–Crippen MR) is 95.2 cm³/mol. The van der Waals surface area contributed by atoms with Crippen molar-refractivity contribution >= 4 is 23.2 Å². The van der Waals surface area contributed by atoms with Crippen molar-refractivity contribution in [2.45, 2.75) is 13.3 Å². The average molecular weight is 336 g/mol. The molecule has 1 amide bonds. The molecule has 0 aliphatic heterocycles. The van der Waals surface area contributed by atoms with Gasteiger partial charge in [0.05, 0.1) is 6.42 Å². The normalized spacial score (nSPS) is 10.3. The van der Waals surface area contributed by atoms with Crippen molar-refractivity contribution in [3.05, 3.63) is 77.6 Å². The Morgan fingerprint density at radius 1 is 1.00 bits per heavy atom. The summed E-state index contributed by atoms with van der Waals surface area (Å²) in [4.78, 5) is 12.0. The molecule has 1 heterocycles. The molecule has 0 saturated carbocycles. The Hall–Kier alpha value is -3.28. The van der Waals surface area contributed by atoms with E-state index in [4.69, 9.17) is 0 Å². The van der Waals surface area contributed by atoms with Gasteiger partial charge in [-0.2, -0.15) is 0 Å². The lowest BCUT2D eigenvalue weighted by Crippen LogP contribution is -2.15. The summed E-state index contributed by atoms with van der Waals surface area (Å²) in [6.45, 7) is 2.02. The number of rotatable bonds is 5. The van der Waals surface area contributed by atoms with Gasteiger partial charge in [0.1, 0.15) is 5.82 Å². The zero-order chi connectivity index (χ0) is 17.6. The van der Waals surface area contributed by atoms with Crippen LogP contribution in [-0.2, 0) is 11.2 Å². The quantitative estimate of drug-likeness (QED) is 0.743. The molecule has 0 atom stereocenters. The first kappa shape index (κ1) is 16.6. The maximum absolute atomic E-state index is 13.1. The number of nitrogens with one attached hydrogen (secondary N) is 2. The Morgan fingerprint density at radius 3 is 2.40 bits per heavy atom. The summed E-state index contributed by atoms with van der Waals surface area (Å²) >= 11 is 0. The van der Waals surface area contributed by atoms with E-state index in [0.717, 1.165) is 5.69 Å². The lowest BCUT2D eigenvalue weighted by Gasteiger charge is -2.07. The van der Waals surface area contributed by atoms with Gasteiger partial charge in [0.2, 0.25) is 5.91 Å². The van der Waals surface area contributed by atoms with E-state index in [0.29, 0.717) is 17.2 Å². The lowest BCUT2D eigenvalue weighted by molar-refractivity contribution is -0.115. The molecular formula is C19H17FN4O. The summed E-state index contributed by atoms with van der Waals surface area (Å²) in [5.74, 6) is 0.276. The highest BCUT2D eigenvalue weighted by Crippen LogP contribution is 2.15. The van der Waals surface area contributed by atoms with E-state index in [9.17, 15) is 9.18 Å². The lowest BCUT2D eigenvalue weighted by atomic mass is 10.1. The summed E-state index contributed by atoms with van der Waals surface area (Å²) in [5.41, 5.74) is 2.68. The zero-order valence-corrected chi connectivity index (χ0v) is 13.7. The van der Waals surface area contributed by atoms with Crippen LogP contribution >= 0.6 is 0 Å². The van der Waals surface area contributed by atoms with Gasteiger partial charge in [-0.3, -0.25) is 4.79 Å². The number of aryl methyl sites for hydroxylation is 1. The van der Waals surface area contributed by atoms with Crippen LogP contribution in [0.15, 0.2) is 60.7 Å². The molecule has 0 radical (unpaired) electrons. The minimum absolute atomic E-state index is 0.0722. The maximum atomic E-state index is 13.1. The summed E-state index contributed by atoms with van der Waals surface area (Å²) in [6, 6.07) is 17.2. The highest BCUT2D eigenvalue weighted by molar-refractivity contribution is 5.91. The van der Waals surface area contributed by atoms with Crippen molar-refractivity contribution in [2.75, 3.05) is 10.6 Å². The molecule has 2 N–H and O–H groups in total. The van der Waals surface area contributed by atoms with E-state index in [1.165, 1.54) is 17.7 Å². The minimum atomic E-state index is -0.364. The number of halogens is 1. The van der Waals surface area contributed by atoms with Crippen LogP contribution < -0.4 is 10.6 Å². The van der Waals surface area contributed by atoms with Crippen molar-refractivity contribution in [1.82, 2.24) is 10.2 Å². The number of amides is 1. The molecule has 5 nitrogen and oxygen atoms in total. The number of hydrogen-bond donors (Lipinski definition) is 2. The molecule has 2 aromatic carbocycles. The van der Waals surface area contributed by atoms with Crippen LogP contribution in [0.25, 0.3) is 0 Å². The van der Waals surface area contributed by atoms with Crippen LogP contribution in [0.1, 0.15) is 11.1 Å². The van der Waals surface area contributed by atoms with Gasteiger partial charge < -0.3 is 10.6 Å². The third-order valence-electron chi connectivity index (χ3n) is 3.51. The second-order valence-electron chi connectivity index (χ2n) is 5.65. The smallest absolute Gasteiger partial charge is 0.229 e. The fourth-order valence-corrected chi connectivity index (χ4v) is 2.27. The van der Waals surface area contributed by atoms with Crippen LogP contribution in [0, 0.1) is 12.7 Å². The van der Waals surface area contributed by atoms with Crippen LogP contribution in [0.5, 0.6) is 0 Å². The molecule has 126 valence electrons. The molecule has 25 heavy (non-hydrogen) atoms. The van der Waals surface area contributed by atoms with E-state index in [-0.39, 0.29) is 18.1 Å². The standard InChI is InChI=1S/C19H17FN4O/c1-13-5-7-16(8-6-13)21-17-9-10-18(24-23-17)22-19(25)12-14-3-2-4-15(20)11-14/h2-11H,12H2,1H3,(H,21,23)(H,22,24,25). The fraction of sp³-hybridized carbons (Fsp3) is 0.105. The highest BCUT2D eigenvalue weighted by Gasteiger charge is 2.06. The van der Waals surface area contributed by atoms with Gasteiger partial charge >= 0.3 is 0 Å². The van der Waals surface area contributed by atoms with Crippen molar-refractivity contribution in [3.63, 3.8) is 0 Å². The molecule has 0 unspecified atom stereocenters. The first-order chi connectivity index (χ1) is 12.1. The summed E-state index contributed by atoms with van der Waals surface area (Å²) < 4.78 is 13.1. The molecule has 3 aromatic rings. The van der Waals surface area contributed by atoms with E-state index < -0.39 is 0 Å². The second-order valence-corrected chi connectivity index (χ2v) is 5.65. The highest BCUT2D eigenvalue weighted by atomic mass is 19.1. The Kier molecular flexibility index (Phi) is 4.99. The molecule has 3 rings (SSSR count). The number of hydrogen-bond acceptors (Lipinski definition) is 4.